The zero-order valence-electron chi connectivity index (χ0n) is 26.3. The van der Waals surface area contributed by atoms with E-state index in [-0.39, 0.29) is 0 Å². The highest BCUT2D eigenvalue weighted by molar-refractivity contribution is 5.89. The van der Waals surface area contributed by atoms with Crippen molar-refractivity contribution in [2.45, 2.75) is 41.5 Å². The molecule has 0 saturated carbocycles. The molecule has 1 aromatic heterocycles. The van der Waals surface area contributed by atoms with Gasteiger partial charge >= 0.3 is 0 Å². The summed E-state index contributed by atoms with van der Waals surface area (Å²) >= 11 is 0. The second-order valence-electron chi connectivity index (χ2n) is 11.6. The van der Waals surface area contributed by atoms with Gasteiger partial charge in [0.05, 0.1) is 17.1 Å². The lowest BCUT2D eigenvalue weighted by atomic mass is 9.98. The van der Waals surface area contributed by atoms with E-state index in [9.17, 15) is 0 Å². The van der Waals surface area contributed by atoms with Gasteiger partial charge in [-0.2, -0.15) is 0 Å². The van der Waals surface area contributed by atoms with E-state index >= 15 is 0 Å². The lowest BCUT2D eigenvalue weighted by Crippen LogP contribution is -2.16. The first-order valence-electron chi connectivity index (χ1n) is 15.1. The summed E-state index contributed by atoms with van der Waals surface area (Å²) in [5.41, 5.74) is 15.5. The molecule has 0 N–H and O–H groups in total. The third-order valence-corrected chi connectivity index (χ3v) is 8.11. The van der Waals surface area contributed by atoms with E-state index in [1.165, 1.54) is 44.8 Å². The molecular formula is C40H38N4. The predicted molar refractivity (Wildman–Crippen MR) is 185 cm³/mol. The second kappa shape index (κ2) is 12.2. The molecule has 5 aromatic carbocycles. The Morgan fingerprint density at radius 3 is 1.52 bits per heavy atom. The number of aromatic nitrogens is 2. The second-order valence-corrected chi connectivity index (χ2v) is 11.6. The van der Waals surface area contributed by atoms with Gasteiger partial charge in [-0.05, 0) is 106 Å². The van der Waals surface area contributed by atoms with E-state index in [1.807, 2.05) is 12.1 Å². The summed E-state index contributed by atoms with van der Waals surface area (Å²) < 4.78 is 0. The van der Waals surface area contributed by atoms with Crippen LogP contribution in [0, 0.1) is 41.5 Å². The van der Waals surface area contributed by atoms with Gasteiger partial charge in [-0.25, -0.2) is 9.97 Å². The van der Waals surface area contributed by atoms with E-state index < -0.39 is 0 Å². The number of hydrogen-bond acceptors (Lipinski definition) is 4. The van der Waals surface area contributed by atoms with Gasteiger partial charge in [0.1, 0.15) is 12.1 Å². The number of aryl methyl sites for hydroxylation is 6. The number of nitrogens with zero attached hydrogens (tertiary/aromatic N) is 4. The molecule has 0 radical (unpaired) electrons. The molecule has 0 fully saturated rings. The van der Waals surface area contributed by atoms with Crippen LogP contribution >= 0.6 is 0 Å². The molecule has 0 atom stereocenters. The summed E-state index contributed by atoms with van der Waals surface area (Å²) in [4.78, 5) is 13.5. The van der Waals surface area contributed by atoms with Crippen LogP contribution in [0.2, 0.25) is 0 Å². The van der Waals surface area contributed by atoms with Crippen LogP contribution in [0.15, 0.2) is 122 Å². The van der Waals surface area contributed by atoms with Crippen molar-refractivity contribution in [1.29, 1.82) is 0 Å². The molecule has 1 heterocycles. The van der Waals surface area contributed by atoms with Gasteiger partial charge in [-0.15, -0.1) is 0 Å². The Balaban J connectivity index is 1.53. The van der Waals surface area contributed by atoms with Gasteiger partial charge in [-0.1, -0.05) is 83.9 Å². The van der Waals surface area contributed by atoms with Crippen LogP contribution in [-0.2, 0) is 0 Å². The van der Waals surface area contributed by atoms with Crippen LogP contribution in [0.3, 0.4) is 0 Å². The van der Waals surface area contributed by atoms with Gasteiger partial charge in [0.15, 0.2) is 0 Å². The van der Waals surface area contributed by atoms with Crippen molar-refractivity contribution in [1.82, 2.24) is 9.97 Å². The molecule has 0 bridgehead atoms. The summed E-state index contributed by atoms with van der Waals surface area (Å²) in [6, 6.07) is 38.9. The highest BCUT2D eigenvalue weighted by Gasteiger charge is 2.23. The number of anilines is 6. The smallest absolute Gasteiger partial charge is 0.140 e. The number of hydrogen-bond donors (Lipinski definition) is 0. The summed E-state index contributed by atoms with van der Waals surface area (Å²) in [6.45, 7) is 13.2. The van der Waals surface area contributed by atoms with Crippen LogP contribution in [0.5, 0.6) is 0 Å². The Morgan fingerprint density at radius 2 is 1.00 bits per heavy atom. The maximum Gasteiger partial charge on any atom is 0.140 e. The third-order valence-electron chi connectivity index (χ3n) is 8.11. The molecule has 0 aliphatic carbocycles. The van der Waals surface area contributed by atoms with Crippen LogP contribution in [0.25, 0.3) is 11.1 Å². The van der Waals surface area contributed by atoms with Crippen molar-refractivity contribution in [3.63, 3.8) is 0 Å². The largest absolute Gasteiger partial charge is 0.309 e. The SMILES string of the molecule is Cc1cc(C)c(N(c2ccc(N(c3ccncn3)c3ccccc3-c3ccccc3)cc2)c2c(C)cc(C)cc2C)c(C)c1. The minimum atomic E-state index is 0.809. The van der Waals surface area contributed by atoms with Crippen molar-refractivity contribution in [3.8, 4) is 11.1 Å². The fraction of sp³-hybridized carbons (Fsp3) is 0.150. The molecule has 0 aliphatic rings. The van der Waals surface area contributed by atoms with Crippen LogP contribution in [-0.4, -0.2) is 9.97 Å². The first-order chi connectivity index (χ1) is 21.3. The van der Waals surface area contributed by atoms with E-state index in [1.54, 1.807) is 12.5 Å². The van der Waals surface area contributed by atoms with Crippen LogP contribution < -0.4 is 9.80 Å². The van der Waals surface area contributed by atoms with Gasteiger partial charge in [0.25, 0.3) is 0 Å². The van der Waals surface area contributed by atoms with Crippen molar-refractivity contribution < 1.29 is 0 Å². The fourth-order valence-corrected chi connectivity index (χ4v) is 6.51. The van der Waals surface area contributed by atoms with Gasteiger partial charge in [0.2, 0.25) is 0 Å². The average molecular weight is 575 g/mol. The van der Waals surface area contributed by atoms with Gasteiger partial charge in [0, 0.05) is 23.1 Å². The van der Waals surface area contributed by atoms with Crippen LogP contribution in [0.4, 0.5) is 34.3 Å². The average Bonchev–Trinajstić information content (AvgIpc) is 3.01. The van der Waals surface area contributed by atoms with E-state index in [0.717, 1.165) is 34.0 Å². The molecule has 218 valence electrons. The zero-order chi connectivity index (χ0) is 30.8. The number of para-hydroxylation sites is 1. The highest BCUT2D eigenvalue weighted by atomic mass is 15.2. The van der Waals surface area contributed by atoms with Crippen LogP contribution in [0.1, 0.15) is 33.4 Å². The molecule has 44 heavy (non-hydrogen) atoms. The Morgan fingerprint density at radius 1 is 0.500 bits per heavy atom. The summed E-state index contributed by atoms with van der Waals surface area (Å²) in [5, 5.41) is 0. The minimum Gasteiger partial charge on any atom is -0.309 e. The zero-order valence-corrected chi connectivity index (χ0v) is 26.3. The van der Waals surface area contributed by atoms with Crippen molar-refractivity contribution in [2.24, 2.45) is 0 Å². The molecule has 6 aromatic rings. The summed E-state index contributed by atoms with van der Waals surface area (Å²) in [7, 11) is 0. The van der Waals surface area contributed by atoms with E-state index in [0.29, 0.717) is 0 Å². The van der Waals surface area contributed by atoms with Crippen molar-refractivity contribution in [3.05, 3.63) is 155 Å². The lowest BCUT2D eigenvalue weighted by molar-refractivity contribution is 1.11. The molecular weight excluding hydrogens is 536 g/mol. The maximum atomic E-state index is 4.69. The first kappa shape index (κ1) is 28.9. The molecule has 0 unspecified atom stereocenters. The quantitative estimate of drug-likeness (QED) is 0.190. The summed E-state index contributed by atoms with van der Waals surface area (Å²) in [6.07, 6.45) is 3.40. The minimum absolute atomic E-state index is 0.809. The Hall–Kier alpha value is -5.22. The fourth-order valence-electron chi connectivity index (χ4n) is 6.51. The Labute approximate surface area is 261 Å². The third kappa shape index (κ3) is 5.59. The normalized spacial score (nSPS) is 11.0. The number of rotatable bonds is 7. The first-order valence-corrected chi connectivity index (χ1v) is 15.1. The predicted octanol–water partition coefficient (Wildman–Crippen LogP) is 10.9. The standard InChI is InChI=1S/C40H38N4/c1-27-22-29(3)39(30(4)23-27)44(40-31(5)24-28(2)25-32(40)6)35-18-16-34(17-19-35)43(38-20-21-41-26-42-38)37-15-11-10-14-36(37)33-12-8-7-9-13-33/h7-26H,1-6H3. The highest BCUT2D eigenvalue weighted by Crippen LogP contribution is 2.45. The maximum absolute atomic E-state index is 4.69. The number of benzene rings is 5. The monoisotopic (exact) mass is 574 g/mol. The molecule has 6 rings (SSSR count). The lowest BCUT2D eigenvalue weighted by Gasteiger charge is -2.32. The Bertz CT molecular complexity index is 1810. The molecule has 0 saturated heterocycles. The Kier molecular flexibility index (Phi) is 7.99. The van der Waals surface area contributed by atoms with Crippen molar-refractivity contribution >= 4 is 34.3 Å². The molecule has 0 amide bonds. The topological polar surface area (TPSA) is 32.3 Å². The molecule has 4 nitrogen and oxygen atoms in total. The van der Waals surface area contributed by atoms with Crippen molar-refractivity contribution in [2.75, 3.05) is 9.80 Å². The molecule has 0 spiro atoms. The molecule has 0 aliphatic heterocycles. The summed E-state index contributed by atoms with van der Waals surface area (Å²) in [5.74, 6) is 0.809. The van der Waals surface area contributed by atoms with Gasteiger partial charge in [-0.3, -0.25) is 4.90 Å². The van der Waals surface area contributed by atoms with Gasteiger partial charge < -0.3 is 4.90 Å². The van der Waals surface area contributed by atoms with E-state index in [4.69, 9.17) is 0 Å². The molecule has 4 heteroatoms. The van der Waals surface area contributed by atoms with E-state index in [2.05, 4.69) is 158 Å².